The van der Waals surface area contributed by atoms with Gasteiger partial charge >= 0.3 is 0 Å². The molecule has 0 aliphatic rings. The zero-order valence-electron chi connectivity index (χ0n) is 16.0. The lowest BCUT2D eigenvalue weighted by atomic mass is 10.0. The Labute approximate surface area is 164 Å². The van der Waals surface area contributed by atoms with E-state index >= 15 is 0 Å². The van der Waals surface area contributed by atoms with Crippen LogP contribution in [0.5, 0.6) is 5.75 Å². The average molecular weight is 367 g/mol. The largest absolute Gasteiger partial charge is 0.490 e. The van der Waals surface area contributed by atoms with Crippen molar-refractivity contribution in [3.63, 3.8) is 0 Å². The van der Waals surface area contributed by atoms with Crippen LogP contribution in [0.15, 0.2) is 72.6 Å². The van der Waals surface area contributed by atoms with E-state index in [0.717, 1.165) is 33.1 Å². The van der Waals surface area contributed by atoms with Gasteiger partial charge < -0.3 is 9.30 Å². The van der Waals surface area contributed by atoms with Gasteiger partial charge in [0.2, 0.25) is 0 Å². The molecule has 4 rings (SSSR count). The number of allylic oxidation sites excluding steroid dienone is 1. The van der Waals surface area contributed by atoms with Crippen LogP contribution in [0.3, 0.4) is 0 Å². The summed E-state index contributed by atoms with van der Waals surface area (Å²) in [6.07, 6.45) is 3.77. The number of para-hydroxylation sites is 2. The van der Waals surface area contributed by atoms with E-state index in [0.29, 0.717) is 12.1 Å². The monoisotopic (exact) mass is 367 g/mol. The van der Waals surface area contributed by atoms with Crippen molar-refractivity contribution in [2.75, 3.05) is 0 Å². The van der Waals surface area contributed by atoms with Gasteiger partial charge in [0.25, 0.3) is 0 Å². The Kier molecular flexibility index (Phi) is 4.82. The first-order valence-corrected chi connectivity index (χ1v) is 9.34. The third kappa shape index (κ3) is 3.47. The van der Waals surface area contributed by atoms with E-state index in [-0.39, 0.29) is 6.10 Å². The summed E-state index contributed by atoms with van der Waals surface area (Å²) in [7, 11) is 0. The van der Waals surface area contributed by atoms with Crippen LogP contribution in [0, 0.1) is 11.3 Å². The van der Waals surface area contributed by atoms with Gasteiger partial charge in [-0.2, -0.15) is 5.26 Å². The van der Waals surface area contributed by atoms with E-state index in [1.54, 1.807) is 6.33 Å². The summed E-state index contributed by atoms with van der Waals surface area (Å²) >= 11 is 0. The first-order chi connectivity index (χ1) is 13.7. The minimum Gasteiger partial charge on any atom is -0.490 e. The van der Waals surface area contributed by atoms with E-state index in [4.69, 9.17) is 4.74 Å². The third-order valence-electron chi connectivity index (χ3n) is 4.62. The molecule has 0 radical (unpaired) electrons. The number of rotatable bonds is 5. The van der Waals surface area contributed by atoms with E-state index in [1.807, 2.05) is 67.0 Å². The normalized spacial score (nSPS) is 11.9. The maximum absolute atomic E-state index is 9.81. The molecule has 138 valence electrons. The number of hydrogen-bond acceptors (Lipinski definition) is 3. The highest BCUT2D eigenvalue weighted by Crippen LogP contribution is 2.31. The summed E-state index contributed by atoms with van der Waals surface area (Å²) in [6, 6.07) is 22.5. The summed E-state index contributed by atoms with van der Waals surface area (Å²) in [5.41, 5.74) is 3.52. The highest BCUT2D eigenvalue weighted by atomic mass is 16.5. The molecular formula is C24H21N3O. The SMILES string of the molecule is CC(C)Oc1ccc2ccccc2c1/C=C(\C#N)Cn1cnc2ccccc21. The highest BCUT2D eigenvalue weighted by molar-refractivity contribution is 5.93. The van der Waals surface area contributed by atoms with E-state index in [9.17, 15) is 5.26 Å². The Balaban J connectivity index is 1.81. The molecule has 0 saturated heterocycles. The van der Waals surface area contributed by atoms with Gasteiger partial charge in [-0.05, 0) is 48.9 Å². The fourth-order valence-electron chi connectivity index (χ4n) is 3.39. The van der Waals surface area contributed by atoms with E-state index in [2.05, 4.69) is 29.3 Å². The molecule has 0 saturated carbocycles. The molecule has 0 unspecified atom stereocenters. The molecule has 0 fully saturated rings. The minimum atomic E-state index is 0.0523. The summed E-state index contributed by atoms with van der Waals surface area (Å²) in [4.78, 5) is 4.42. The Morgan fingerprint density at radius 3 is 2.71 bits per heavy atom. The molecule has 1 aromatic heterocycles. The van der Waals surface area contributed by atoms with Crippen molar-refractivity contribution in [1.29, 1.82) is 5.26 Å². The third-order valence-corrected chi connectivity index (χ3v) is 4.62. The Morgan fingerprint density at radius 2 is 1.89 bits per heavy atom. The molecule has 4 nitrogen and oxygen atoms in total. The number of fused-ring (bicyclic) bond motifs is 2. The van der Waals surface area contributed by atoms with Crippen LogP contribution in [0.25, 0.3) is 27.9 Å². The van der Waals surface area contributed by atoms with E-state index in [1.165, 1.54) is 0 Å². The zero-order chi connectivity index (χ0) is 19.5. The van der Waals surface area contributed by atoms with Gasteiger partial charge in [0.15, 0.2) is 0 Å². The lowest BCUT2D eigenvalue weighted by molar-refractivity contribution is 0.242. The topological polar surface area (TPSA) is 50.8 Å². The molecule has 1 heterocycles. The smallest absolute Gasteiger partial charge is 0.127 e. The van der Waals surface area contributed by atoms with E-state index < -0.39 is 0 Å². The van der Waals surface area contributed by atoms with Crippen LogP contribution < -0.4 is 4.74 Å². The first kappa shape index (κ1) is 17.8. The van der Waals surface area contributed by atoms with Crippen LogP contribution in [-0.4, -0.2) is 15.7 Å². The number of nitrogens with zero attached hydrogens (tertiary/aromatic N) is 3. The van der Waals surface area contributed by atoms with Gasteiger partial charge in [0.05, 0.1) is 41.7 Å². The molecule has 4 heteroatoms. The molecule has 0 aliphatic carbocycles. The van der Waals surface area contributed by atoms with Crippen LogP contribution in [0.2, 0.25) is 0 Å². The summed E-state index contributed by atoms with van der Waals surface area (Å²) in [6.45, 7) is 4.47. The minimum absolute atomic E-state index is 0.0523. The predicted octanol–water partition coefficient (Wildman–Crippen LogP) is 5.58. The summed E-state index contributed by atoms with van der Waals surface area (Å²) in [5, 5.41) is 12.0. The Hall–Kier alpha value is -3.58. The second-order valence-corrected chi connectivity index (χ2v) is 7.01. The first-order valence-electron chi connectivity index (χ1n) is 9.34. The molecule has 0 spiro atoms. The van der Waals surface area contributed by atoms with Crippen LogP contribution in [0.4, 0.5) is 0 Å². The summed E-state index contributed by atoms with van der Waals surface area (Å²) in [5.74, 6) is 0.789. The van der Waals surface area contributed by atoms with Gasteiger partial charge in [-0.1, -0.05) is 42.5 Å². The van der Waals surface area contributed by atoms with Gasteiger partial charge in [0.1, 0.15) is 5.75 Å². The molecule has 0 aliphatic heterocycles. The average Bonchev–Trinajstić information content (AvgIpc) is 3.11. The van der Waals surface area contributed by atoms with Crippen molar-refractivity contribution in [2.24, 2.45) is 0 Å². The lowest BCUT2D eigenvalue weighted by Gasteiger charge is -2.15. The fraction of sp³-hybridized carbons (Fsp3) is 0.167. The molecule has 0 bridgehead atoms. The summed E-state index contributed by atoms with van der Waals surface area (Å²) < 4.78 is 8.03. The van der Waals surface area contributed by atoms with Crippen molar-refractivity contribution in [1.82, 2.24) is 9.55 Å². The quantitative estimate of drug-likeness (QED) is 0.432. The molecule has 3 aromatic carbocycles. The van der Waals surface area contributed by atoms with Crippen molar-refractivity contribution >= 4 is 27.9 Å². The number of ether oxygens (including phenoxy) is 1. The highest BCUT2D eigenvalue weighted by Gasteiger charge is 2.11. The molecule has 0 amide bonds. The lowest BCUT2D eigenvalue weighted by Crippen LogP contribution is -2.07. The standard InChI is InChI=1S/C24H21N3O/c1-17(2)28-24-12-11-19-7-3-4-8-20(19)21(24)13-18(14-25)15-27-16-26-22-9-5-6-10-23(22)27/h3-13,16-17H,15H2,1-2H3/b18-13+. The van der Waals surface area contributed by atoms with Gasteiger partial charge in [-0.15, -0.1) is 0 Å². The maximum Gasteiger partial charge on any atom is 0.127 e. The van der Waals surface area contributed by atoms with Crippen molar-refractivity contribution in [3.8, 4) is 11.8 Å². The maximum atomic E-state index is 9.81. The second-order valence-electron chi connectivity index (χ2n) is 7.01. The molecule has 28 heavy (non-hydrogen) atoms. The number of aromatic nitrogens is 2. The van der Waals surface area contributed by atoms with Crippen molar-refractivity contribution < 1.29 is 4.74 Å². The van der Waals surface area contributed by atoms with Crippen LogP contribution in [-0.2, 0) is 6.54 Å². The number of imidazole rings is 1. The molecule has 4 aromatic rings. The molecular weight excluding hydrogens is 346 g/mol. The van der Waals surface area contributed by atoms with Crippen molar-refractivity contribution in [3.05, 3.63) is 78.1 Å². The zero-order valence-corrected chi connectivity index (χ0v) is 16.0. The fourth-order valence-corrected chi connectivity index (χ4v) is 3.39. The van der Waals surface area contributed by atoms with Gasteiger partial charge in [0, 0.05) is 5.56 Å². The van der Waals surface area contributed by atoms with Gasteiger partial charge in [-0.25, -0.2) is 4.98 Å². The number of benzene rings is 3. The number of hydrogen-bond donors (Lipinski definition) is 0. The van der Waals surface area contributed by atoms with Crippen LogP contribution in [0.1, 0.15) is 19.4 Å². The molecule has 0 N–H and O–H groups in total. The molecule has 0 atom stereocenters. The van der Waals surface area contributed by atoms with Gasteiger partial charge in [-0.3, -0.25) is 0 Å². The predicted molar refractivity (Wildman–Crippen MR) is 113 cm³/mol. The van der Waals surface area contributed by atoms with Crippen LogP contribution >= 0.6 is 0 Å². The Bertz CT molecular complexity index is 1210. The number of nitriles is 1. The Morgan fingerprint density at radius 1 is 1.11 bits per heavy atom. The van der Waals surface area contributed by atoms with Crippen molar-refractivity contribution in [2.45, 2.75) is 26.5 Å². The second kappa shape index (κ2) is 7.58.